The number of benzene rings is 1. The summed E-state index contributed by atoms with van der Waals surface area (Å²) < 4.78 is 2.33. The van der Waals surface area contributed by atoms with E-state index < -0.39 is 5.69 Å². The van der Waals surface area contributed by atoms with Gasteiger partial charge < -0.3 is 5.73 Å². The highest BCUT2D eigenvalue weighted by molar-refractivity contribution is 7.99. The van der Waals surface area contributed by atoms with Crippen LogP contribution in [-0.2, 0) is 14.1 Å². The van der Waals surface area contributed by atoms with Gasteiger partial charge in [-0.2, -0.15) is 0 Å². The van der Waals surface area contributed by atoms with Gasteiger partial charge in [-0.25, -0.2) is 4.79 Å². The Morgan fingerprint density at radius 2 is 1.67 bits per heavy atom. The molecule has 2 N–H and O–H groups in total. The Hall–Kier alpha value is -1.95. The standard InChI is InChI=1S/C12H13N3O2S/c1-14-10(13)9(11(16)15(2)12(14)17)18-8-6-4-3-5-7-8/h3-7H,13H2,1-2H3. The van der Waals surface area contributed by atoms with Crippen molar-refractivity contribution in [2.75, 3.05) is 5.73 Å². The quantitative estimate of drug-likeness (QED) is 0.870. The molecule has 2 aromatic rings. The van der Waals surface area contributed by atoms with Gasteiger partial charge in [-0.1, -0.05) is 30.0 Å². The Kier molecular flexibility index (Phi) is 3.29. The highest BCUT2D eigenvalue weighted by atomic mass is 32.2. The Balaban J connectivity index is 2.59. The summed E-state index contributed by atoms with van der Waals surface area (Å²) in [6, 6.07) is 9.42. The van der Waals surface area contributed by atoms with Gasteiger partial charge in [0.2, 0.25) is 0 Å². The van der Waals surface area contributed by atoms with Crippen molar-refractivity contribution in [2.45, 2.75) is 9.79 Å². The van der Waals surface area contributed by atoms with Crippen molar-refractivity contribution in [1.82, 2.24) is 9.13 Å². The molecule has 2 rings (SSSR count). The van der Waals surface area contributed by atoms with Gasteiger partial charge in [-0.05, 0) is 12.1 Å². The third kappa shape index (κ3) is 2.06. The molecule has 0 fully saturated rings. The molecule has 0 saturated heterocycles. The van der Waals surface area contributed by atoms with Crippen molar-refractivity contribution in [2.24, 2.45) is 14.1 Å². The first-order valence-electron chi connectivity index (χ1n) is 5.30. The van der Waals surface area contributed by atoms with E-state index >= 15 is 0 Å². The Morgan fingerprint density at radius 1 is 1.06 bits per heavy atom. The SMILES string of the molecule is Cn1c(N)c(Sc2ccccc2)c(=O)n(C)c1=O. The Labute approximate surface area is 108 Å². The van der Waals surface area contributed by atoms with Crippen molar-refractivity contribution in [1.29, 1.82) is 0 Å². The van der Waals surface area contributed by atoms with E-state index in [-0.39, 0.29) is 11.4 Å². The van der Waals surface area contributed by atoms with Crippen LogP contribution in [-0.4, -0.2) is 9.13 Å². The minimum Gasteiger partial charge on any atom is -0.384 e. The second kappa shape index (κ2) is 4.73. The van der Waals surface area contributed by atoms with E-state index in [1.807, 2.05) is 30.3 Å². The minimum absolute atomic E-state index is 0.192. The van der Waals surface area contributed by atoms with Gasteiger partial charge in [-0.3, -0.25) is 13.9 Å². The molecule has 0 bridgehead atoms. The normalized spacial score (nSPS) is 10.6. The van der Waals surface area contributed by atoms with E-state index in [1.54, 1.807) is 7.05 Å². The van der Waals surface area contributed by atoms with E-state index in [9.17, 15) is 9.59 Å². The number of hydrogen-bond acceptors (Lipinski definition) is 4. The van der Waals surface area contributed by atoms with E-state index in [0.29, 0.717) is 4.90 Å². The lowest BCUT2D eigenvalue weighted by Crippen LogP contribution is -2.39. The lowest BCUT2D eigenvalue weighted by atomic mass is 10.4. The molecule has 1 heterocycles. The maximum absolute atomic E-state index is 12.0. The molecule has 1 aromatic heterocycles. The fourth-order valence-corrected chi connectivity index (χ4v) is 2.53. The smallest absolute Gasteiger partial charge is 0.332 e. The molecule has 18 heavy (non-hydrogen) atoms. The van der Waals surface area contributed by atoms with Crippen molar-refractivity contribution in [3.63, 3.8) is 0 Å². The molecule has 0 spiro atoms. The zero-order valence-electron chi connectivity index (χ0n) is 10.1. The Morgan fingerprint density at radius 3 is 2.28 bits per heavy atom. The lowest BCUT2D eigenvalue weighted by molar-refractivity contribution is 0.672. The average Bonchev–Trinajstić information content (AvgIpc) is 2.40. The highest BCUT2D eigenvalue weighted by Gasteiger charge is 2.14. The first kappa shape index (κ1) is 12.5. The topological polar surface area (TPSA) is 70.0 Å². The summed E-state index contributed by atoms with van der Waals surface area (Å²) >= 11 is 1.26. The molecular weight excluding hydrogens is 250 g/mol. The zero-order chi connectivity index (χ0) is 13.3. The predicted octanol–water partition coefficient (Wildman–Crippen LogP) is 0.817. The van der Waals surface area contributed by atoms with Crippen LogP contribution in [0.3, 0.4) is 0 Å². The van der Waals surface area contributed by atoms with Crippen molar-refractivity contribution < 1.29 is 0 Å². The van der Waals surface area contributed by atoms with E-state index in [0.717, 1.165) is 9.46 Å². The molecule has 5 nitrogen and oxygen atoms in total. The van der Waals surface area contributed by atoms with Crippen LogP contribution in [0.1, 0.15) is 0 Å². The van der Waals surface area contributed by atoms with Crippen LogP contribution < -0.4 is 17.0 Å². The van der Waals surface area contributed by atoms with Gasteiger partial charge in [0, 0.05) is 19.0 Å². The summed E-state index contributed by atoms with van der Waals surface area (Å²) in [5.74, 6) is 0.192. The number of aromatic nitrogens is 2. The fraction of sp³-hybridized carbons (Fsp3) is 0.167. The molecule has 0 atom stereocenters. The summed E-state index contributed by atoms with van der Waals surface area (Å²) in [5, 5.41) is 0. The third-order valence-corrected chi connectivity index (χ3v) is 3.73. The van der Waals surface area contributed by atoms with Gasteiger partial charge >= 0.3 is 5.69 Å². The summed E-state index contributed by atoms with van der Waals surface area (Å²) in [6.07, 6.45) is 0. The van der Waals surface area contributed by atoms with Crippen LogP contribution >= 0.6 is 11.8 Å². The van der Waals surface area contributed by atoms with Crippen molar-refractivity contribution >= 4 is 17.6 Å². The van der Waals surface area contributed by atoms with Crippen LogP contribution in [0, 0.1) is 0 Å². The first-order valence-corrected chi connectivity index (χ1v) is 6.12. The fourth-order valence-electron chi connectivity index (χ4n) is 1.53. The van der Waals surface area contributed by atoms with Crippen LogP contribution in [0.15, 0.2) is 49.7 Å². The molecule has 0 aliphatic rings. The lowest BCUT2D eigenvalue weighted by Gasteiger charge is -2.10. The summed E-state index contributed by atoms with van der Waals surface area (Å²) in [7, 11) is 2.99. The highest BCUT2D eigenvalue weighted by Crippen LogP contribution is 2.27. The molecule has 0 radical (unpaired) electrons. The van der Waals surface area contributed by atoms with Crippen molar-refractivity contribution in [3.8, 4) is 0 Å². The van der Waals surface area contributed by atoms with Gasteiger partial charge in [0.05, 0.1) is 0 Å². The zero-order valence-corrected chi connectivity index (χ0v) is 10.9. The molecule has 94 valence electrons. The molecule has 0 aliphatic carbocycles. The van der Waals surface area contributed by atoms with Crippen molar-refractivity contribution in [3.05, 3.63) is 51.2 Å². The third-order valence-electron chi connectivity index (χ3n) is 2.63. The number of hydrogen-bond donors (Lipinski definition) is 1. The molecular formula is C12H13N3O2S. The number of nitrogens with two attached hydrogens (primary N) is 1. The van der Waals surface area contributed by atoms with E-state index in [2.05, 4.69) is 0 Å². The molecule has 6 heteroatoms. The summed E-state index contributed by atoms with van der Waals surface area (Å²) in [5.41, 5.74) is 5.04. The second-order valence-corrected chi connectivity index (χ2v) is 4.92. The molecule has 0 amide bonds. The number of rotatable bonds is 2. The largest absolute Gasteiger partial charge is 0.384 e. The van der Waals surface area contributed by atoms with Crippen LogP contribution in [0.2, 0.25) is 0 Å². The van der Waals surface area contributed by atoms with E-state index in [1.165, 1.54) is 23.4 Å². The van der Waals surface area contributed by atoms with Gasteiger partial charge in [0.1, 0.15) is 10.7 Å². The summed E-state index contributed by atoms with van der Waals surface area (Å²) in [6.45, 7) is 0. The van der Waals surface area contributed by atoms with E-state index in [4.69, 9.17) is 5.73 Å². The van der Waals surface area contributed by atoms with Crippen LogP contribution in [0.4, 0.5) is 5.82 Å². The van der Waals surface area contributed by atoms with Gasteiger partial charge in [0.15, 0.2) is 0 Å². The average molecular weight is 263 g/mol. The molecule has 0 unspecified atom stereocenters. The van der Waals surface area contributed by atoms with Gasteiger partial charge in [0.25, 0.3) is 5.56 Å². The van der Waals surface area contributed by atoms with Crippen LogP contribution in [0.5, 0.6) is 0 Å². The number of nitrogen functional groups attached to an aromatic ring is 1. The maximum atomic E-state index is 12.0. The molecule has 0 saturated carbocycles. The minimum atomic E-state index is -0.421. The summed E-state index contributed by atoms with van der Waals surface area (Å²) in [4.78, 5) is 24.9. The maximum Gasteiger partial charge on any atom is 0.332 e. The van der Waals surface area contributed by atoms with Crippen LogP contribution in [0.25, 0.3) is 0 Å². The Bertz CT molecular complexity index is 689. The predicted molar refractivity (Wildman–Crippen MR) is 71.9 cm³/mol. The number of nitrogens with zero attached hydrogens (tertiary/aromatic N) is 2. The molecule has 1 aromatic carbocycles. The monoisotopic (exact) mass is 263 g/mol. The first-order chi connectivity index (χ1) is 8.52. The number of anilines is 1. The molecule has 0 aliphatic heterocycles. The van der Waals surface area contributed by atoms with Gasteiger partial charge in [-0.15, -0.1) is 0 Å². The second-order valence-electron chi connectivity index (χ2n) is 3.84.